The molecule has 0 aromatic heterocycles. The number of nitrogens with one attached hydrogen (secondary N) is 1. The van der Waals surface area contributed by atoms with E-state index in [0.29, 0.717) is 0 Å². The topological polar surface area (TPSA) is 102 Å². The van der Waals surface area contributed by atoms with Gasteiger partial charge in [-0.2, -0.15) is 0 Å². The van der Waals surface area contributed by atoms with E-state index in [2.05, 4.69) is 10.1 Å². The number of amides is 2. The first-order valence-electron chi connectivity index (χ1n) is 6.30. The maximum atomic E-state index is 11.2. The van der Waals surface area contributed by atoms with E-state index in [4.69, 9.17) is 5.73 Å². The molecule has 0 radical (unpaired) electrons. The molecule has 19 heavy (non-hydrogen) atoms. The molecular formula is C12H27N3O4. The van der Waals surface area contributed by atoms with Gasteiger partial charge in [-0.3, -0.25) is 14.4 Å². The number of rotatable bonds is 6. The largest absolute Gasteiger partial charge is 0.454 e. The molecule has 114 valence electrons. The molecule has 0 saturated carbocycles. The lowest BCUT2D eigenvalue weighted by molar-refractivity contribution is -0.151. The molecule has 0 aromatic rings. The zero-order valence-corrected chi connectivity index (χ0v) is 12.8. The number of carbonyl (C=O) groups is 3. The minimum Gasteiger partial charge on any atom is -0.454 e. The molecule has 0 unspecified atom stereocenters. The molecule has 0 atom stereocenters. The summed E-state index contributed by atoms with van der Waals surface area (Å²) in [6.45, 7) is 7.47. The van der Waals surface area contributed by atoms with E-state index in [1.807, 2.05) is 27.7 Å². The highest BCUT2D eigenvalue weighted by Crippen LogP contribution is 1.86. The Morgan fingerprint density at radius 3 is 2.00 bits per heavy atom. The Morgan fingerprint density at radius 1 is 1.16 bits per heavy atom. The molecule has 7 heteroatoms. The first kappa shape index (κ1) is 22.5. The van der Waals surface area contributed by atoms with Crippen LogP contribution >= 0.6 is 0 Å². The van der Waals surface area contributed by atoms with Crippen LogP contribution in [0.3, 0.4) is 0 Å². The number of nitrogens with zero attached hydrogens (tertiary/aromatic N) is 1. The summed E-state index contributed by atoms with van der Waals surface area (Å²) in [5.41, 5.74) is 4.77. The fourth-order valence-electron chi connectivity index (χ4n) is 0.765. The van der Waals surface area contributed by atoms with E-state index in [0.717, 1.165) is 0 Å². The Bertz CT molecular complexity index is 257. The van der Waals surface area contributed by atoms with E-state index in [1.54, 1.807) is 7.05 Å². The van der Waals surface area contributed by atoms with Gasteiger partial charge in [0.2, 0.25) is 5.91 Å². The molecule has 2 amide bonds. The SMILES string of the molecule is CC.CC.CNCC(=O)N(C)CC(=O)OCC(N)=O. The highest BCUT2D eigenvalue weighted by molar-refractivity contribution is 5.84. The lowest BCUT2D eigenvalue weighted by Gasteiger charge is -2.15. The number of likely N-dealkylation sites (N-methyl/N-ethyl adjacent to an activating group) is 2. The number of nitrogens with two attached hydrogens (primary N) is 1. The lowest BCUT2D eigenvalue weighted by Crippen LogP contribution is -2.38. The van der Waals surface area contributed by atoms with Crippen molar-refractivity contribution in [1.29, 1.82) is 0 Å². The van der Waals surface area contributed by atoms with Crippen LogP contribution in [0.1, 0.15) is 27.7 Å². The predicted octanol–water partition coefficient (Wildman–Crippen LogP) is -0.255. The maximum Gasteiger partial charge on any atom is 0.326 e. The van der Waals surface area contributed by atoms with Crippen LogP contribution in [0.25, 0.3) is 0 Å². The highest BCUT2D eigenvalue weighted by atomic mass is 16.5. The summed E-state index contributed by atoms with van der Waals surface area (Å²) in [6.07, 6.45) is 0. The summed E-state index contributed by atoms with van der Waals surface area (Å²) in [6, 6.07) is 0. The molecule has 0 aliphatic heterocycles. The number of esters is 1. The molecule has 0 fully saturated rings. The number of primary amides is 1. The van der Waals surface area contributed by atoms with Crippen molar-refractivity contribution in [2.45, 2.75) is 27.7 Å². The molecule has 0 spiro atoms. The fourth-order valence-corrected chi connectivity index (χ4v) is 0.765. The van der Waals surface area contributed by atoms with Gasteiger partial charge < -0.3 is 20.7 Å². The standard InChI is InChI=1S/C8H15N3O4.2C2H6/c1-10-3-7(13)11(2)4-8(14)15-5-6(9)12;2*1-2/h10H,3-5H2,1-2H3,(H2,9,12);2*1-2H3. The van der Waals surface area contributed by atoms with Crippen molar-refractivity contribution in [2.75, 3.05) is 33.8 Å². The average Bonchev–Trinajstić information content (AvgIpc) is 2.41. The Kier molecular flexibility index (Phi) is 19.4. The van der Waals surface area contributed by atoms with Crippen molar-refractivity contribution in [3.05, 3.63) is 0 Å². The van der Waals surface area contributed by atoms with Crippen LogP contribution in [0.5, 0.6) is 0 Å². The van der Waals surface area contributed by atoms with E-state index >= 15 is 0 Å². The quantitative estimate of drug-likeness (QED) is 0.652. The zero-order valence-electron chi connectivity index (χ0n) is 12.8. The van der Waals surface area contributed by atoms with Crippen LogP contribution in [-0.2, 0) is 19.1 Å². The molecule has 7 nitrogen and oxygen atoms in total. The van der Waals surface area contributed by atoms with Gasteiger partial charge in [0.15, 0.2) is 6.61 Å². The summed E-state index contributed by atoms with van der Waals surface area (Å²) < 4.78 is 4.47. The molecule has 0 rings (SSSR count). The van der Waals surface area contributed by atoms with Crippen LogP contribution in [0.4, 0.5) is 0 Å². The van der Waals surface area contributed by atoms with E-state index < -0.39 is 18.5 Å². The van der Waals surface area contributed by atoms with Crippen LogP contribution in [0.2, 0.25) is 0 Å². The van der Waals surface area contributed by atoms with Crippen molar-refractivity contribution < 1.29 is 19.1 Å². The third kappa shape index (κ3) is 16.4. The van der Waals surface area contributed by atoms with Crippen molar-refractivity contribution in [1.82, 2.24) is 10.2 Å². The summed E-state index contributed by atoms with van der Waals surface area (Å²) in [7, 11) is 3.09. The van der Waals surface area contributed by atoms with Gasteiger partial charge in [0.1, 0.15) is 6.54 Å². The van der Waals surface area contributed by atoms with E-state index in [-0.39, 0.29) is 19.0 Å². The van der Waals surface area contributed by atoms with Crippen molar-refractivity contribution in [3.63, 3.8) is 0 Å². The second-order valence-electron chi connectivity index (χ2n) is 2.91. The first-order chi connectivity index (χ1) is 8.97. The van der Waals surface area contributed by atoms with Gasteiger partial charge in [0.05, 0.1) is 6.54 Å². The van der Waals surface area contributed by atoms with Gasteiger partial charge in [0, 0.05) is 7.05 Å². The third-order valence-electron chi connectivity index (χ3n) is 1.50. The van der Waals surface area contributed by atoms with Crippen molar-refractivity contribution in [3.8, 4) is 0 Å². The van der Waals surface area contributed by atoms with Gasteiger partial charge in [0.25, 0.3) is 5.91 Å². The van der Waals surface area contributed by atoms with Gasteiger partial charge in [-0.05, 0) is 7.05 Å². The summed E-state index contributed by atoms with van der Waals surface area (Å²) in [5.74, 6) is -1.64. The third-order valence-corrected chi connectivity index (χ3v) is 1.50. The predicted molar refractivity (Wildman–Crippen MR) is 74.4 cm³/mol. The number of hydrogen-bond acceptors (Lipinski definition) is 5. The van der Waals surface area contributed by atoms with Gasteiger partial charge in [-0.25, -0.2) is 0 Å². The average molecular weight is 277 g/mol. The van der Waals surface area contributed by atoms with Crippen molar-refractivity contribution >= 4 is 17.8 Å². The second kappa shape index (κ2) is 16.4. The minimum atomic E-state index is -0.729. The minimum absolute atomic E-state index is 0.138. The molecular weight excluding hydrogens is 250 g/mol. The lowest BCUT2D eigenvalue weighted by atomic mass is 10.5. The van der Waals surface area contributed by atoms with Crippen LogP contribution in [0, 0.1) is 0 Å². The van der Waals surface area contributed by atoms with Crippen LogP contribution in [-0.4, -0.2) is 56.5 Å². The highest BCUT2D eigenvalue weighted by Gasteiger charge is 2.13. The van der Waals surface area contributed by atoms with Crippen molar-refractivity contribution in [2.24, 2.45) is 5.73 Å². The Labute approximate surface area is 115 Å². The second-order valence-corrected chi connectivity index (χ2v) is 2.91. The molecule has 0 aliphatic rings. The summed E-state index contributed by atoms with van der Waals surface area (Å²) in [5, 5.41) is 2.65. The fraction of sp³-hybridized carbons (Fsp3) is 0.750. The Hall–Kier alpha value is -1.63. The first-order valence-corrected chi connectivity index (χ1v) is 6.30. The molecule has 0 heterocycles. The maximum absolute atomic E-state index is 11.2. The van der Waals surface area contributed by atoms with Gasteiger partial charge >= 0.3 is 5.97 Å². The smallest absolute Gasteiger partial charge is 0.326 e. The molecule has 0 aliphatic carbocycles. The normalized spacial score (nSPS) is 8.11. The van der Waals surface area contributed by atoms with E-state index in [9.17, 15) is 14.4 Å². The van der Waals surface area contributed by atoms with Gasteiger partial charge in [-0.15, -0.1) is 0 Å². The summed E-state index contributed by atoms with van der Waals surface area (Å²) in [4.78, 5) is 33.7. The Morgan fingerprint density at radius 2 is 1.63 bits per heavy atom. The number of ether oxygens (including phenoxy) is 1. The molecule has 0 aromatic carbocycles. The number of hydrogen-bond donors (Lipinski definition) is 2. The molecule has 0 bridgehead atoms. The van der Waals surface area contributed by atoms with E-state index in [1.165, 1.54) is 11.9 Å². The van der Waals surface area contributed by atoms with Crippen LogP contribution < -0.4 is 11.1 Å². The van der Waals surface area contributed by atoms with Crippen LogP contribution in [0.15, 0.2) is 0 Å². The summed E-state index contributed by atoms with van der Waals surface area (Å²) >= 11 is 0. The Balaban J connectivity index is -0.000000579. The molecule has 0 saturated heterocycles. The molecule has 3 N–H and O–H groups in total. The monoisotopic (exact) mass is 277 g/mol. The number of carbonyl (C=O) groups excluding carboxylic acids is 3. The zero-order chi connectivity index (χ0) is 15.8. The van der Waals surface area contributed by atoms with Gasteiger partial charge in [-0.1, -0.05) is 27.7 Å².